The number of rotatable bonds is 3. The topological polar surface area (TPSA) is 42.0 Å². The maximum Gasteiger partial charge on any atom is 0.224 e. The fraction of sp³-hybridized carbons (Fsp3) is 0.500. The van der Waals surface area contributed by atoms with Crippen LogP contribution in [0, 0.1) is 11.9 Å². The summed E-state index contributed by atoms with van der Waals surface area (Å²) in [5.41, 5.74) is 0.557. The number of amides is 1. The van der Waals surface area contributed by atoms with Crippen LogP contribution in [0.1, 0.15) is 19.3 Å². The first-order valence-electron chi connectivity index (χ1n) is 5.73. The van der Waals surface area contributed by atoms with Crippen LogP contribution in [0.25, 0.3) is 0 Å². The molecule has 0 spiro atoms. The summed E-state index contributed by atoms with van der Waals surface area (Å²) in [5.74, 6) is 2.25. The molecule has 1 N–H and O–H groups in total. The first-order chi connectivity index (χ1) is 8.24. The van der Waals surface area contributed by atoms with Crippen molar-refractivity contribution in [3.8, 4) is 0 Å². The zero-order chi connectivity index (χ0) is 12.1. The zero-order valence-electron chi connectivity index (χ0n) is 9.49. The molecule has 92 valence electrons. The van der Waals surface area contributed by atoms with E-state index in [0.717, 1.165) is 24.3 Å². The van der Waals surface area contributed by atoms with E-state index < -0.39 is 5.95 Å². The SMILES string of the molecule is O=C(CC1CCSCC1)Nc1ccc(F)nc1. The summed E-state index contributed by atoms with van der Waals surface area (Å²) in [6, 6.07) is 2.77. The number of nitrogens with one attached hydrogen (secondary N) is 1. The van der Waals surface area contributed by atoms with E-state index in [-0.39, 0.29) is 5.91 Å². The molecule has 3 nitrogen and oxygen atoms in total. The van der Waals surface area contributed by atoms with Gasteiger partial charge in [-0.05, 0) is 42.4 Å². The van der Waals surface area contributed by atoms with Crippen molar-refractivity contribution in [2.45, 2.75) is 19.3 Å². The molecule has 5 heteroatoms. The van der Waals surface area contributed by atoms with Gasteiger partial charge in [0, 0.05) is 6.42 Å². The quantitative estimate of drug-likeness (QED) is 0.843. The third-order valence-electron chi connectivity index (χ3n) is 2.83. The number of aromatic nitrogens is 1. The van der Waals surface area contributed by atoms with Gasteiger partial charge in [0.1, 0.15) is 0 Å². The predicted molar refractivity (Wildman–Crippen MR) is 67.5 cm³/mol. The van der Waals surface area contributed by atoms with Crippen LogP contribution in [0.2, 0.25) is 0 Å². The third kappa shape index (κ3) is 4.00. The Hall–Kier alpha value is -1.10. The van der Waals surface area contributed by atoms with Crippen LogP contribution in [0.5, 0.6) is 0 Å². The molecule has 0 saturated carbocycles. The molecule has 0 aliphatic carbocycles. The van der Waals surface area contributed by atoms with Crippen LogP contribution < -0.4 is 5.32 Å². The van der Waals surface area contributed by atoms with Gasteiger partial charge in [-0.2, -0.15) is 16.2 Å². The zero-order valence-corrected chi connectivity index (χ0v) is 10.3. The van der Waals surface area contributed by atoms with Crippen LogP contribution in [-0.4, -0.2) is 22.4 Å². The molecular formula is C12H15FN2OS. The van der Waals surface area contributed by atoms with Gasteiger partial charge in [0.25, 0.3) is 0 Å². The van der Waals surface area contributed by atoms with E-state index >= 15 is 0 Å². The Morgan fingerprint density at radius 1 is 1.47 bits per heavy atom. The van der Waals surface area contributed by atoms with Crippen LogP contribution >= 0.6 is 11.8 Å². The molecule has 1 saturated heterocycles. The number of hydrogen-bond acceptors (Lipinski definition) is 3. The van der Waals surface area contributed by atoms with Crippen LogP contribution in [0.3, 0.4) is 0 Å². The number of halogens is 1. The Balaban J connectivity index is 1.82. The minimum atomic E-state index is -0.535. The predicted octanol–water partition coefficient (Wildman–Crippen LogP) is 2.69. The van der Waals surface area contributed by atoms with Gasteiger partial charge in [0.2, 0.25) is 11.9 Å². The highest BCUT2D eigenvalue weighted by Crippen LogP contribution is 2.25. The van der Waals surface area contributed by atoms with E-state index in [1.807, 2.05) is 11.8 Å². The van der Waals surface area contributed by atoms with Crippen LogP contribution in [-0.2, 0) is 4.79 Å². The van der Waals surface area contributed by atoms with E-state index in [4.69, 9.17) is 0 Å². The molecule has 1 aromatic rings. The minimum Gasteiger partial charge on any atom is -0.325 e. The van der Waals surface area contributed by atoms with E-state index in [9.17, 15) is 9.18 Å². The largest absolute Gasteiger partial charge is 0.325 e. The molecule has 0 unspecified atom stereocenters. The highest BCUT2D eigenvalue weighted by atomic mass is 32.2. The molecule has 0 aromatic carbocycles. The third-order valence-corrected chi connectivity index (χ3v) is 3.87. The Morgan fingerprint density at radius 3 is 2.88 bits per heavy atom. The maximum atomic E-state index is 12.6. The highest BCUT2D eigenvalue weighted by molar-refractivity contribution is 7.99. The number of carbonyl (C=O) groups is 1. The fourth-order valence-corrected chi connectivity index (χ4v) is 3.08. The summed E-state index contributed by atoms with van der Waals surface area (Å²) < 4.78 is 12.6. The summed E-state index contributed by atoms with van der Waals surface area (Å²) >= 11 is 1.95. The van der Waals surface area contributed by atoms with Crippen molar-refractivity contribution >= 4 is 23.4 Å². The Morgan fingerprint density at radius 2 is 2.24 bits per heavy atom. The van der Waals surface area contributed by atoms with Gasteiger partial charge >= 0.3 is 0 Å². The van der Waals surface area contributed by atoms with E-state index in [1.165, 1.54) is 18.3 Å². The molecule has 2 heterocycles. The monoisotopic (exact) mass is 254 g/mol. The van der Waals surface area contributed by atoms with Crippen molar-refractivity contribution < 1.29 is 9.18 Å². The van der Waals surface area contributed by atoms with Crippen molar-refractivity contribution in [1.82, 2.24) is 4.98 Å². The lowest BCUT2D eigenvalue weighted by molar-refractivity contribution is -0.117. The average molecular weight is 254 g/mol. The molecular weight excluding hydrogens is 239 g/mol. The van der Waals surface area contributed by atoms with Gasteiger partial charge in [-0.15, -0.1) is 0 Å². The molecule has 0 radical (unpaired) electrons. The lowest BCUT2D eigenvalue weighted by atomic mass is 9.98. The summed E-state index contributed by atoms with van der Waals surface area (Å²) in [6.45, 7) is 0. The molecule has 1 fully saturated rings. The molecule has 1 amide bonds. The average Bonchev–Trinajstić information content (AvgIpc) is 2.33. The first kappa shape index (κ1) is 12.4. The standard InChI is InChI=1S/C12H15FN2OS/c13-11-2-1-10(8-14-11)15-12(16)7-9-3-5-17-6-4-9/h1-2,8-9H,3-7H2,(H,15,16). The van der Waals surface area contributed by atoms with Crippen molar-refractivity contribution in [2.24, 2.45) is 5.92 Å². The number of carbonyl (C=O) groups excluding carboxylic acids is 1. The molecule has 1 aliphatic heterocycles. The summed E-state index contributed by atoms with van der Waals surface area (Å²) in [4.78, 5) is 15.2. The number of anilines is 1. The second-order valence-corrected chi connectivity index (χ2v) is 5.40. The Labute approximate surface area is 104 Å². The van der Waals surface area contributed by atoms with Gasteiger partial charge in [0.15, 0.2) is 0 Å². The maximum absolute atomic E-state index is 12.6. The fourth-order valence-electron chi connectivity index (χ4n) is 1.87. The van der Waals surface area contributed by atoms with Gasteiger partial charge in [-0.1, -0.05) is 0 Å². The number of pyridine rings is 1. The molecule has 0 bridgehead atoms. The van der Waals surface area contributed by atoms with E-state index in [2.05, 4.69) is 10.3 Å². The van der Waals surface area contributed by atoms with E-state index in [0.29, 0.717) is 18.0 Å². The molecule has 17 heavy (non-hydrogen) atoms. The highest BCUT2D eigenvalue weighted by Gasteiger charge is 2.17. The number of nitrogens with zero attached hydrogens (tertiary/aromatic N) is 1. The number of thioether (sulfide) groups is 1. The van der Waals surface area contributed by atoms with Crippen molar-refractivity contribution in [2.75, 3.05) is 16.8 Å². The Kier molecular flexibility index (Phi) is 4.36. The second kappa shape index (κ2) is 6.00. The van der Waals surface area contributed by atoms with Crippen LogP contribution in [0.15, 0.2) is 18.3 Å². The van der Waals surface area contributed by atoms with Crippen molar-refractivity contribution in [3.63, 3.8) is 0 Å². The van der Waals surface area contributed by atoms with Crippen molar-refractivity contribution in [1.29, 1.82) is 0 Å². The lowest BCUT2D eigenvalue weighted by Gasteiger charge is -2.20. The first-order valence-corrected chi connectivity index (χ1v) is 6.88. The van der Waals surface area contributed by atoms with Gasteiger partial charge < -0.3 is 5.32 Å². The Bertz CT molecular complexity index is 377. The van der Waals surface area contributed by atoms with Gasteiger partial charge in [-0.25, -0.2) is 4.98 Å². The van der Waals surface area contributed by atoms with Gasteiger partial charge in [-0.3, -0.25) is 4.79 Å². The summed E-state index contributed by atoms with van der Waals surface area (Å²) in [5, 5.41) is 2.74. The smallest absolute Gasteiger partial charge is 0.224 e. The minimum absolute atomic E-state index is 0.00434. The molecule has 2 rings (SSSR count). The van der Waals surface area contributed by atoms with Crippen LogP contribution in [0.4, 0.5) is 10.1 Å². The van der Waals surface area contributed by atoms with Gasteiger partial charge in [0.05, 0.1) is 11.9 Å². The molecule has 1 aromatic heterocycles. The summed E-state index contributed by atoms with van der Waals surface area (Å²) in [6.07, 6.45) is 4.11. The molecule has 1 aliphatic rings. The normalized spacial score (nSPS) is 16.8. The molecule has 0 atom stereocenters. The second-order valence-electron chi connectivity index (χ2n) is 4.18. The number of hydrogen-bond donors (Lipinski definition) is 1. The summed E-state index contributed by atoms with van der Waals surface area (Å²) in [7, 11) is 0. The van der Waals surface area contributed by atoms with E-state index in [1.54, 1.807) is 0 Å². The van der Waals surface area contributed by atoms with Crippen molar-refractivity contribution in [3.05, 3.63) is 24.3 Å². The lowest BCUT2D eigenvalue weighted by Crippen LogP contribution is -2.19.